The van der Waals surface area contributed by atoms with Gasteiger partial charge in [0, 0.05) is 55.5 Å². The fourth-order valence-corrected chi connectivity index (χ4v) is 4.62. The number of urea groups is 2. The lowest BCUT2D eigenvalue weighted by Crippen LogP contribution is -2.51. The van der Waals surface area contributed by atoms with Gasteiger partial charge >= 0.3 is 18.0 Å². The van der Waals surface area contributed by atoms with Crippen LogP contribution in [-0.4, -0.2) is 84.1 Å². The third kappa shape index (κ3) is 7.49. The number of carbonyl (C=O) groups excluding carboxylic acids is 3. The largest absolute Gasteiger partial charge is 0.463 e. The zero-order chi connectivity index (χ0) is 27.2. The summed E-state index contributed by atoms with van der Waals surface area (Å²) in [5, 5.41) is 6.54. The average molecular weight is 532 g/mol. The molecule has 0 aliphatic carbocycles. The van der Waals surface area contributed by atoms with Gasteiger partial charge < -0.3 is 20.3 Å². The SMILES string of the molecule is C=CCN1C(=O)NC(c2ccc(Cl)cc2)C(C(=O)OCC)=C1CN1CCCN(C(=O)NC(C)(C)C)CC1. The molecule has 3 rings (SSSR count). The smallest absolute Gasteiger partial charge is 0.338 e. The monoisotopic (exact) mass is 531 g/mol. The number of halogens is 1. The molecule has 0 radical (unpaired) electrons. The number of carbonyl (C=O) groups is 3. The first-order valence-electron chi connectivity index (χ1n) is 12.7. The summed E-state index contributed by atoms with van der Waals surface area (Å²) in [5.74, 6) is -0.479. The van der Waals surface area contributed by atoms with Crippen molar-refractivity contribution in [2.45, 2.75) is 45.7 Å². The maximum Gasteiger partial charge on any atom is 0.338 e. The molecule has 0 spiro atoms. The molecule has 4 amide bonds. The van der Waals surface area contributed by atoms with Crippen molar-refractivity contribution in [3.8, 4) is 0 Å². The van der Waals surface area contributed by atoms with E-state index in [1.54, 1.807) is 42.2 Å². The van der Waals surface area contributed by atoms with E-state index in [1.807, 2.05) is 25.7 Å². The van der Waals surface area contributed by atoms with E-state index in [9.17, 15) is 14.4 Å². The predicted molar refractivity (Wildman–Crippen MR) is 144 cm³/mol. The molecule has 2 aliphatic rings. The average Bonchev–Trinajstić information content (AvgIpc) is 3.06. The summed E-state index contributed by atoms with van der Waals surface area (Å²) >= 11 is 6.09. The molecule has 1 aromatic carbocycles. The first kappa shape index (κ1) is 28.5. The molecule has 1 unspecified atom stereocenters. The van der Waals surface area contributed by atoms with E-state index in [4.69, 9.17) is 16.3 Å². The highest BCUT2D eigenvalue weighted by atomic mass is 35.5. The molecule has 1 saturated heterocycles. The van der Waals surface area contributed by atoms with Crippen molar-refractivity contribution in [2.24, 2.45) is 0 Å². The van der Waals surface area contributed by atoms with Crippen LogP contribution in [0, 0.1) is 0 Å². The van der Waals surface area contributed by atoms with Crippen molar-refractivity contribution in [1.82, 2.24) is 25.3 Å². The van der Waals surface area contributed by atoms with Crippen LogP contribution < -0.4 is 10.6 Å². The molecule has 202 valence electrons. The van der Waals surface area contributed by atoms with Gasteiger partial charge in [-0.3, -0.25) is 9.80 Å². The van der Waals surface area contributed by atoms with Gasteiger partial charge in [0.15, 0.2) is 0 Å². The summed E-state index contributed by atoms with van der Waals surface area (Å²) in [5.41, 5.74) is 1.38. The standard InChI is InChI=1S/C27H38ClN5O4/c1-6-13-33-21(18-31-14-8-15-32(17-16-31)26(36)30-27(3,4)5)22(24(34)37-7-2)23(29-25(33)35)19-9-11-20(28)12-10-19/h6,9-12,23H,1,7-8,13-18H2,2-5H3,(H,29,35)(H,30,36). The zero-order valence-electron chi connectivity index (χ0n) is 22.2. The first-order valence-corrected chi connectivity index (χ1v) is 13.1. The molecule has 9 nitrogen and oxygen atoms in total. The maximum absolute atomic E-state index is 13.3. The number of nitrogens with zero attached hydrogens (tertiary/aromatic N) is 3. The molecular weight excluding hydrogens is 494 g/mol. The van der Waals surface area contributed by atoms with E-state index in [2.05, 4.69) is 22.1 Å². The van der Waals surface area contributed by atoms with Crippen molar-refractivity contribution in [2.75, 3.05) is 45.9 Å². The Morgan fingerprint density at radius 1 is 1.19 bits per heavy atom. The molecule has 1 atom stereocenters. The Bertz CT molecular complexity index is 1030. The minimum atomic E-state index is -0.680. The van der Waals surface area contributed by atoms with Gasteiger partial charge in [0.25, 0.3) is 0 Å². The van der Waals surface area contributed by atoms with E-state index < -0.39 is 12.0 Å². The second kappa shape index (κ2) is 12.5. The minimum absolute atomic E-state index is 0.0890. The van der Waals surface area contributed by atoms with Gasteiger partial charge in [-0.2, -0.15) is 0 Å². The van der Waals surface area contributed by atoms with E-state index >= 15 is 0 Å². The topological polar surface area (TPSA) is 94.2 Å². The van der Waals surface area contributed by atoms with Crippen LogP contribution in [0.1, 0.15) is 45.7 Å². The van der Waals surface area contributed by atoms with Gasteiger partial charge in [-0.15, -0.1) is 6.58 Å². The Kier molecular flexibility index (Phi) is 9.62. The van der Waals surface area contributed by atoms with Crippen LogP contribution in [0.2, 0.25) is 5.02 Å². The van der Waals surface area contributed by atoms with Crippen LogP contribution in [0.3, 0.4) is 0 Å². The first-order chi connectivity index (χ1) is 17.5. The summed E-state index contributed by atoms with van der Waals surface area (Å²) < 4.78 is 5.45. The highest BCUT2D eigenvalue weighted by molar-refractivity contribution is 6.30. The number of amides is 4. The van der Waals surface area contributed by atoms with Crippen LogP contribution in [0.15, 0.2) is 48.2 Å². The number of nitrogens with one attached hydrogen (secondary N) is 2. The highest BCUT2D eigenvalue weighted by Gasteiger charge is 2.38. The molecule has 0 aromatic heterocycles. The Hall–Kier alpha value is -3.04. The summed E-state index contributed by atoms with van der Waals surface area (Å²) in [6.45, 7) is 14.7. The van der Waals surface area contributed by atoms with Crippen molar-refractivity contribution in [3.63, 3.8) is 0 Å². The summed E-state index contributed by atoms with van der Waals surface area (Å²) in [7, 11) is 0. The molecule has 2 heterocycles. The van der Waals surface area contributed by atoms with Crippen LogP contribution in [0.4, 0.5) is 9.59 Å². The van der Waals surface area contributed by atoms with Gasteiger partial charge in [0.1, 0.15) is 0 Å². The number of hydrogen-bond donors (Lipinski definition) is 2. The zero-order valence-corrected chi connectivity index (χ0v) is 22.9. The maximum atomic E-state index is 13.3. The van der Waals surface area contributed by atoms with Crippen LogP contribution in [0.25, 0.3) is 0 Å². The fraction of sp³-hybridized carbons (Fsp3) is 0.519. The Balaban J connectivity index is 1.94. The van der Waals surface area contributed by atoms with Crippen LogP contribution >= 0.6 is 11.6 Å². The Morgan fingerprint density at radius 3 is 2.51 bits per heavy atom. The quantitative estimate of drug-likeness (QED) is 0.411. The Morgan fingerprint density at radius 2 is 1.89 bits per heavy atom. The van der Waals surface area contributed by atoms with Crippen LogP contribution in [0.5, 0.6) is 0 Å². The van der Waals surface area contributed by atoms with Crippen molar-refractivity contribution < 1.29 is 19.1 Å². The van der Waals surface area contributed by atoms with Gasteiger partial charge in [-0.25, -0.2) is 14.4 Å². The van der Waals surface area contributed by atoms with E-state index in [1.165, 1.54) is 0 Å². The van der Waals surface area contributed by atoms with Gasteiger partial charge in [-0.05, 0) is 51.8 Å². The van der Waals surface area contributed by atoms with Crippen molar-refractivity contribution in [3.05, 3.63) is 58.8 Å². The van der Waals surface area contributed by atoms with E-state index in [0.29, 0.717) is 49.0 Å². The molecular formula is C27H38ClN5O4. The number of rotatable bonds is 7. The fourth-order valence-electron chi connectivity index (χ4n) is 4.49. The highest BCUT2D eigenvalue weighted by Crippen LogP contribution is 2.33. The van der Waals surface area contributed by atoms with Gasteiger partial charge in [0.05, 0.1) is 18.2 Å². The lowest BCUT2D eigenvalue weighted by molar-refractivity contribution is -0.139. The molecule has 37 heavy (non-hydrogen) atoms. The second-order valence-electron chi connectivity index (χ2n) is 10.2. The summed E-state index contributed by atoms with van der Waals surface area (Å²) in [6.07, 6.45) is 2.40. The van der Waals surface area contributed by atoms with Gasteiger partial charge in [0.2, 0.25) is 0 Å². The lowest BCUT2D eigenvalue weighted by Gasteiger charge is -2.38. The normalized spacial score (nSPS) is 19.3. The number of benzene rings is 1. The van der Waals surface area contributed by atoms with Crippen molar-refractivity contribution >= 4 is 29.6 Å². The molecule has 1 aromatic rings. The number of esters is 1. The van der Waals surface area contributed by atoms with Gasteiger partial charge in [-0.1, -0.05) is 29.8 Å². The third-order valence-electron chi connectivity index (χ3n) is 6.18. The summed E-state index contributed by atoms with van der Waals surface area (Å²) in [6, 6.07) is 5.97. The molecule has 10 heteroatoms. The molecule has 0 bridgehead atoms. The lowest BCUT2D eigenvalue weighted by atomic mass is 9.94. The van der Waals surface area contributed by atoms with Crippen LogP contribution in [-0.2, 0) is 9.53 Å². The number of ether oxygens (including phenoxy) is 1. The predicted octanol–water partition coefficient (Wildman–Crippen LogP) is 3.93. The van der Waals surface area contributed by atoms with Crippen molar-refractivity contribution in [1.29, 1.82) is 0 Å². The molecule has 0 saturated carbocycles. The third-order valence-corrected chi connectivity index (χ3v) is 6.43. The molecule has 1 fully saturated rings. The van der Waals surface area contributed by atoms with E-state index in [-0.39, 0.29) is 30.8 Å². The van der Waals surface area contributed by atoms with E-state index in [0.717, 1.165) is 12.0 Å². The summed E-state index contributed by atoms with van der Waals surface area (Å²) in [4.78, 5) is 44.8. The Labute approximate surface area is 224 Å². The second-order valence-corrected chi connectivity index (χ2v) is 10.6. The molecule has 2 aliphatic heterocycles. The molecule has 2 N–H and O–H groups in total. The number of hydrogen-bond acceptors (Lipinski definition) is 5. The minimum Gasteiger partial charge on any atom is -0.463 e.